The highest BCUT2D eigenvalue weighted by atomic mass is 19.1. The van der Waals surface area contributed by atoms with Crippen LogP contribution in [0.2, 0.25) is 0 Å². The van der Waals surface area contributed by atoms with Gasteiger partial charge in [-0.25, -0.2) is 13.8 Å². The summed E-state index contributed by atoms with van der Waals surface area (Å²) in [5.41, 5.74) is 0. The first-order valence-electron chi connectivity index (χ1n) is 4.35. The van der Waals surface area contributed by atoms with Gasteiger partial charge in [0.25, 0.3) is 0 Å². The van der Waals surface area contributed by atoms with E-state index in [2.05, 4.69) is 15.0 Å². The van der Waals surface area contributed by atoms with Crippen LogP contribution >= 0.6 is 0 Å². The number of pyridine rings is 1. The van der Waals surface area contributed by atoms with Gasteiger partial charge in [0.1, 0.15) is 5.82 Å². The second-order valence-corrected chi connectivity index (χ2v) is 2.97. The fraction of sp³-hybridized carbons (Fsp3) is 0.444. The van der Waals surface area contributed by atoms with Crippen LogP contribution in [0, 0.1) is 11.6 Å². The van der Waals surface area contributed by atoms with Crippen molar-refractivity contribution in [3.63, 3.8) is 0 Å². The topological polar surface area (TPSA) is 54.4 Å². The summed E-state index contributed by atoms with van der Waals surface area (Å²) in [6.07, 6.45) is 0.134. The number of aliphatic hydroxyl groups excluding tert-OH is 1. The molecule has 1 atom stereocenters. The summed E-state index contributed by atoms with van der Waals surface area (Å²) in [5, 5.41) is 11.8. The van der Waals surface area contributed by atoms with Gasteiger partial charge in [0, 0.05) is 19.7 Å². The van der Waals surface area contributed by atoms with E-state index in [-0.39, 0.29) is 19.0 Å². The van der Waals surface area contributed by atoms with E-state index in [0.29, 0.717) is 0 Å². The number of aliphatic hydroxyl groups is 1. The molecule has 0 aromatic carbocycles. The van der Waals surface area contributed by atoms with Crippen molar-refractivity contribution in [2.24, 2.45) is 0 Å². The predicted octanol–water partition coefficient (Wildman–Crippen LogP) is 0.779. The maximum atomic E-state index is 13.0. The number of rotatable bonds is 5. The van der Waals surface area contributed by atoms with Gasteiger partial charge >= 0.3 is 0 Å². The van der Waals surface area contributed by atoms with Crippen LogP contribution < -0.4 is 5.32 Å². The van der Waals surface area contributed by atoms with Crippen molar-refractivity contribution in [1.82, 2.24) is 4.98 Å². The van der Waals surface area contributed by atoms with Gasteiger partial charge in [0.05, 0.1) is 18.9 Å². The van der Waals surface area contributed by atoms with E-state index in [9.17, 15) is 13.9 Å². The molecule has 84 valence electrons. The lowest BCUT2D eigenvalue weighted by molar-refractivity contribution is 0.0726. The predicted molar refractivity (Wildman–Crippen MR) is 50.5 cm³/mol. The van der Waals surface area contributed by atoms with Gasteiger partial charge in [-0.05, 0) is 0 Å². The van der Waals surface area contributed by atoms with E-state index in [4.69, 9.17) is 0 Å². The molecule has 1 heterocycles. The number of aromatic nitrogens is 1. The second-order valence-electron chi connectivity index (χ2n) is 2.97. The van der Waals surface area contributed by atoms with Crippen molar-refractivity contribution in [3.05, 3.63) is 23.9 Å². The Morgan fingerprint density at radius 3 is 2.93 bits per heavy atom. The normalized spacial score (nSPS) is 12.5. The first-order chi connectivity index (χ1) is 7.13. The lowest BCUT2D eigenvalue weighted by atomic mass is 10.3. The summed E-state index contributed by atoms with van der Waals surface area (Å²) >= 11 is 0. The number of nitrogens with one attached hydrogen (secondary N) is 1. The Morgan fingerprint density at radius 1 is 1.60 bits per heavy atom. The van der Waals surface area contributed by atoms with Crippen LogP contribution in [0.25, 0.3) is 0 Å². The molecule has 2 N–H and O–H groups in total. The third kappa shape index (κ3) is 3.77. The Kier molecular flexibility index (Phi) is 4.38. The van der Waals surface area contributed by atoms with E-state index in [1.165, 1.54) is 7.11 Å². The zero-order valence-electron chi connectivity index (χ0n) is 8.20. The number of anilines is 1. The Hall–Kier alpha value is -1.27. The lowest BCUT2D eigenvalue weighted by Gasteiger charge is -2.11. The molecule has 0 amide bonds. The number of nitrogens with zero attached hydrogens (tertiary/aromatic N) is 1. The highest BCUT2D eigenvalue weighted by Gasteiger charge is 2.07. The van der Waals surface area contributed by atoms with Gasteiger partial charge in [0.15, 0.2) is 11.6 Å². The highest BCUT2D eigenvalue weighted by molar-refractivity contribution is 5.35. The van der Waals surface area contributed by atoms with Crippen LogP contribution in [0.3, 0.4) is 0 Å². The van der Waals surface area contributed by atoms with Crippen LogP contribution in [0.5, 0.6) is 0 Å². The Morgan fingerprint density at radius 2 is 2.33 bits per heavy atom. The van der Waals surface area contributed by atoms with E-state index >= 15 is 0 Å². The Bertz CT molecular complexity index is 323. The summed E-state index contributed by atoms with van der Waals surface area (Å²) < 4.78 is 30.2. The van der Waals surface area contributed by atoms with Crippen LogP contribution in [-0.2, 0) is 4.74 Å². The molecular formula is C9H12F2N2O2. The van der Waals surface area contributed by atoms with Gasteiger partial charge in [-0.15, -0.1) is 0 Å². The molecule has 1 aromatic rings. The third-order valence-electron chi connectivity index (χ3n) is 1.67. The summed E-state index contributed by atoms with van der Waals surface area (Å²) in [6, 6.07) is 0.720. The third-order valence-corrected chi connectivity index (χ3v) is 1.67. The first-order valence-corrected chi connectivity index (χ1v) is 4.35. The zero-order valence-corrected chi connectivity index (χ0v) is 8.20. The van der Waals surface area contributed by atoms with Gasteiger partial charge in [-0.3, -0.25) is 0 Å². The first kappa shape index (κ1) is 11.8. The molecule has 0 aliphatic carbocycles. The van der Waals surface area contributed by atoms with Gasteiger partial charge in [0.2, 0.25) is 0 Å². The smallest absolute Gasteiger partial charge is 0.168 e. The largest absolute Gasteiger partial charge is 0.389 e. The van der Waals surface area contributed by atoms with E-state index in [1.54, 1.807) is 0 Å². The van der Waals surface area contributed by atoms with Gasteiger partial charge in [-0.1, -0.05) is 0 Å². The van der Waals surface area contributed by atoms with Gasteiger partial charge in [-0.2, -0.15) is 0 Å². The second kappa shape index (κ2) is 5.57. The monoisotopic (exact) mass is 218 g/mol. The zero-order chi connectivity index (χ0) is 11.3. The molecule has 0 fully saturated rings. The molecular weight excluding hydrogens is 206 g/mol. The number of halogens is 2. The van der Waals surface area contributed by atoms with Crippen molar-refractivity contribution in [1.29, 1.82) is 0 Å². The number of hydrogen-bond acceptors (Lipinski definition) is 4. The molecule has 0 spiro atoms. The average molecular weight is 218 g/mol. The summed E-state index contributed by atoms with van der Waals surface area (Å²) in [4.78, 5) is 3.50. The maximum Gasteiger partial charge on any atom is 0.168 e. The molecule has 0 aliphatic rings. The average Bonchev–Trinajstić information content (AvgIpc) is 2.17. The molecule has 0 radical (unpaired) electrons. The number of methoxy groups -OCH3 is 1. The minimum atomic E-state index is -0.792. The quantitative estimate of drug-likeness (QED) is 0.766. The fourth-order valence-electron chi connectivity index (χ4n) is 1.01. The van der Waals surface area contributed by atoms with Crippen molar-refractivity contribution in [2.75, 3.05) is 25.6 Å². The standard InChI is InChI=1S/C9H12F2N2O2/c1-15-5-7(14)4-13-9-8(11)2-6(10)3-12-9/h2-3,7,14H,4-5H2,1H3,(H,12,13). The lowest BCUT2D eigenvalue weighted by Crippen LogP contribution is -2.24. The maximum absolute atomic E-state index is 13.0. The molecule has 0 saturated heterocycles. The summed E-state index contributed by atoms with van der Waals surface area (Å²) in [5.74, 6) is -1.62. The molecule has 0 saturated carbocycles. The minimum absolute atomic E-state index is 0.0867. The molecule has 0 aliphatic heterocycles. The minimum Gasteiger partial charge on any atom is -0.389 e. The number of hydrogen-bond donors (Lipinski definition) is 2. The highest BCUT2D eigenvalue weighted by Crippen LogP contribution is 2.10. The van der Waals surface area contributed by atoms with E-state index < -0.39 is 17.7 Å². The molecule has 1 unspecified atom stereocenters. The SMILES string of the molecule is COCC(O)CNc1ncc(F)cc1F. The van der Waals surface area contributed by atoms with E-state index in [1.807, 2.05) is 0 Å². The fourth-order valence-corrected chi connectivity index (χ4v) is 1.01. The molecule has 0 bridgehead atoms. The molecule has 15 heavy (non-hydrogen) atoms. The van der Waals surface area contributed by atoms with Crippen LogP contribution in [0.15, 0.2) is 12.3 Å². The number of ether oxygens (including phenoxy) is 1. The Labute approximate surface area is 85.9 Å². The summed E-state index contributed by atoms with van der Waals surface area (Å²) in [6.45, 7) is 0.221. The molecule has 6 heteroatoms. The summed E-state index contributed by atoms with van der Waals surface area (Å²) in [7, 11) is 1.44. The van der Waals surface area contributed by atoms with E-state index in [0.717, 1.165) is 12.3 Å². The van der Waals surface area contributed by atoms with Gasteiger partial charge < -0.3 is 15.2 Å². The van der Waals surface area contributed by atoms with Crippen LogP contribution in [0.1, 0.15) is 0 Å². The van der Waals surface area contributed by atoms with Crippen molar-refractivity contribution in [3.8, 4) is 0 Å². The molecule has 1 aromatic heterocycles. The van der Waals surface area contributed by atoms with Crippen molar-refractivity contribution in [2.45, 2.75) is 6.10 Å². The van der Waals surface area contributed by atoms with Crippen LogP contribution in [-0.4, -0.2) is 36.5 Å². The molecule has 4 nitrogen and oxygen atoms in total. The van der Waals surface area contributed by atoms with Crippen LogP contribution in [0.4, 0.5) is 14.6 Å². The Balaban J connectivity index is 2.50. The van der Waals surface area contributed by atoms with Crippen molar-refractivity contribution >= 4 is 5.82 Å². The molecule has 1 rings (SSSR count). The van der Waals surface area contributed by atoms with Crippen molar-refractivity contribution < 1.29 is 18.6 Å².